The first-order valence-electron chi connectivity index (χ1n) is 7.65. The van der Waals surface area contributed by atoms with E-state index in [0.29, 0.717) is 24.7 Å². The number of nitrogens with one attached hydrogen (secondary N) is 2. The van der Waals surface area contributed by atoms with Crippen molar-refractivity contribution in [2.24, 2.45) is 7.05 Å². The topological polar surface area (TPSA) is 94.0 Å². The number of carbonyl (C=O) groups is 1. The molecule has 1 aliphatic rings. The summed E-state index contributed by atoms with van der Waals surface area (Å²) in [6, 6.07) is 1.65. The van der Waals surface area contributed by atoms with E-state index in [1.807, 2.05) is 20.2 Å². The Hall–Kier alpha value is -2.64. The minimum Gasteiger partial charge on any atom is -0.478 e. The van der Waals surface area contributed by atoms with E-state index in [0.717, 1.165) is 12.0 Å². The Balaban J connectivity index is 1.79. The summed E-state index contributed by atoms with van der Waals surface area (Å²) in [5.74, 6) is 1.26. The lowest BCUT2D eigenvalue weighted by Gasteiger charge is -2.32. The van der Waals surface area contributed by atoms with Gasteiger partial charge in [-0.25, -0.2) is 9.97 Å². The first kappa shape index (κ1) is 15.3. The van der Waals surface area contributed by atoms with Gasteiger partial charge >= 0.3 is 0 Å². The predicted octanol–water partition coefficient (Wildman–Crippen LogP) is 1.04. The van der Waals surface area contributed by atoms with E-state index in [1.165, 1.54) is 6.33 Å². The van der Waals surface area contributed by atoms with E-state index in [-0.39, 0.29) is 18.0 Å². The quantitative estimate of drug-likeness (QED) is 0.856. The number of anilines is 1. The van der Waals surface area contributed by atoms with Gasteiger partial charge in [0.15, 0.2) is 0 Å². The average molecular weight is 316 g/mol. The number of hydrogen-bond donors (Lipinski definition) is 2. The molecule has 0 spiro atoms. The van der Waals surface area contributed by atoms with Crippen LogP contribution in [0.4, 0.5) is 5.82 Å². The first-order chi connectivity index (χ1) is 11.2. The van der Waals surface area contributed by atoms with Gasteiger partial charge in [-0.1, -0.05) is 0 Å². The van der Waals surface area contributed by atoms with Crippen LogP contribution >= 0.6 is 0 Å². The standard InChI is InChI=1S/C15H20N6O2/c1-3-23-14-6-12(16-9-17-14)19-11-4-5-13(22)20-15(11)10-7-18-21(2)8-10/h6-9,11,15H,3-5H2,1-2H3,(H,20,22)(H,16,17,19)/t11-,15+/m1/s1. The maximum absolute atomic E-state index is 11.8. The van der Waals surface area contributed by atoms with Crippen molar-refractivity contribution in [2.45, 2.75) is 31.8 Å². The lowest BCUT2D eigenvalue weighted by Crippen LogP contribution is -2.45. The van der Waals surface area contributed by atoms with E-state index < -0.39 is 0 Å². The number of amides is 1. The van der Waals surface area contributed by atoms with Crippen LogP contribution < -0.4 is 15.4 Å². The molecule has 2 atom stereocenters. The van der Waals surface area contributed by atoms with Crippen LogP contribution in [0.1, 0.15) is 31.4 Å². The predicted molar refractivity (Wildman–Crippen MR) is 83.9 cm³/mol. The minimum atomic E-state index is -0.143. The zero-order valence-corrected chi connectivity index (χ0v) is 13.2. The maximum Gasteiger partial charge on any atom is 0.220 e. The van der Waals surface area contributed by atoms with Crippen LogP contribution in [0.25, 0.3) is 0 Å². The Bertz CT molecular complexity index is 686. The fourth-order valence-electron chi connectivity index (χ4n) is 2.71. The number of nitrogens with zero attached hydrogens (tertiary/aromatic N) is 4. The highest BCUT2D eigenvalue weighted by molar-refractivity contribution is 5.77. The number of ether oxygens (including phenoxy) is 1. The molecule has 8 nitrogen and oxygen atoms in total. The molecule has 0 unspecified atom stereocenters. The SMILES string of the molecule is CCOc1cc(N[C@@H]2CCC(=O)N[C@H]2c2cnn(C)c2)ncn1. The molecule has 2 aromatic rings. The van der Waals surface area contributed by atoms with Gasteiger partial charge in [-0.3, -0.25) is 9.48 Å². The smallest absolute Gasteiger partial charge is 0.220 e. The van der Waals surface area contributed by atoms with Gasteiger partial charge in [-0.2, -0.15) is 5.10 Å². The van der Waals surface area contributed by atoms with Gasteiger partial charge in [0.25, 0.3) is 0 Å². The molecule has 1 fully saturated rings. The second-order valence-corrected chi connectivity index (χ2v) is 5.46. The van der Waals surface area contributed by atoms with Crippen molar-refractivity contribution in [1.29, 1.82) is 0 Å². The van der Waals surface area contributed by atoms with Gasteiger partial charge in [-0.05, 0) is 13.3 Å². The van der Waals surface area contributed by atoms with Crippen molar-refractivity contribution >= 4 is 11.7 Å². The summed E-state index contributed by atoms with van der Waals surface area (Å²) >= 11 is 0. The number of rotatable bonds is 5. The molecule has 0 bridgehead atoms. The van der Waals surface area contributed by atoms with Crippen LogP contribution in [0.2, 0.25) is 0 Å². The van der Waals surface area contributed by atoms with Crippen molar-refractivity contribution in [3.8, 4) is 5.88 Å². The van der Waals surface area contributed by atoms with Gasteiger partial charge in [0.2, 0.25) is 11.8 Å². The van der Waals surface area contributed by atoms with Gasteiger partial charge in [0.1, 0.15) is 12.1 Å². The van der Waals surface area contributed by atoms with Crippen LogP contribution in [0.5, 0.6) is 5.88 Å². The number of hydrogen-bond acceptors (Lipinski definition) is 6. The van der Waals surface area contributed by atoms with Crippen molar-refractivity contribution in [2.75, 3.05) is 11.9 Å². The van der Waals surface area contributed by atoms with Crippen LogP contribution in [0.15, 0.2) is 24.8 Å². The normalized spacial score (nSPS) is 20.9. The summed E-state index contributed by atoms with van der Waals surface area (Å²) in [4.78, 5) is 20.1. The zero-order valence-electron chi connectivity index (χ0n) is 13.2. The third-order valence-corrected chi connectivity index (χ3v) is 3.75. The van der Waals surface area contributed by atoms with Crippen LogP contribution in [-0.4, -0.2) is 38.3 Å². The summed E-state index contributed by atoms with van der Waals surface area (Å²) in [6.07, 6.45) is 6.36. The monoisotopic (exact) mass is 316 g/mol. The second-order valence-electron chi connectivity index (χ2n) is 5.46. The molecule has 0 aliphatic carbocycles. The molecule has 0 aromatic carbocycles. The molecule has 0 radical (unpaired) electrons. The molecular weight excluding hydrogens is 296 g/mol. The third kappa shape index (κ3) is 3.58. The van der Waals surface area contributed by atoms with E-state index in [1.54, 1.807) is 16.9 Å². The fraction of sp³-hybridized carbons (Fsp3) is 0.467. The highest BCUT2D eigenvalue weighted by Gasteiger charge is 2.31. The molecule has 1 amide bonds. The van der Waals surface area contributed by atoms with Crippen molar-refractivity contribution in [3.63, 3.8) is 0 Å². The first-order valence-corrected chi connectivity index (χ1v) is 7.65. The molecule has 122 valence electrons. The van der Waals surface area contributed by atoms with E-state index >= 15 is 0 Å². The van der Waals surface area contributed by atoms with Gasteiger partial charge in [-0.15, -0.1) is 0 Å². The van der Waals surface area contributed by atoms with Crippen LogP contribution in [0, 0.1) is 0 Å². The molecule has 1 aliphatic heterocycles. The molecular formula is C15H20N6O2. The molecule has 2 aromatic heterocycles. The molecule has 1 saturated heterocycles. The maximum atomic E-state index is 11.8. The van der Waals surface area contributed by atoms with Gasteiger partial charge in [0, 0.05) is 31.3 Å². The van der Waals surface area contributed by atoms with E-state index in [9.17, 15) is 4.79 Å². The zero-order chi connectivity index (χ0) is 16.2. The molecule has 2 N–H and O–H groups in total. The lowest BCUT2D eigenvalue weighted by molar-refractivity contribution is -0.123. The third-order valence-electron chi connectivity index (χ3n) is 3.75. The summed E-state index contributed by atoms with van der Waals surface area (Å²) in [6.45, 7) is 2.46. The molecule has 8 heteroatoms. The Morgan fingerprint density at radius 3 is 3.09 bits per heavy atom. The number of aryl methyl sites for hydroxylation is 1. The minimum absolute atomic E-state index is 0.0290. The summed E-state index contributed by atoms with van der Waals surface area (Å²) in [7, 11) is 1.86. The highest BCUT2D eigenvalue weighted by atomic mass is 16.5. The Labute approximate surface area is 134 Å². The number of piperidine rings is 1. The van der Waals surface area contributed by atoms with E-state index in [2.05, 4.69) is 25.7 Å². The van der Waals surface area contributed by atoms with Crippen LogP contribution in [-0.2, 0) is 11.8 Å². The van der Waals surface area contributed by atoms with Crippen LogP contribution in [0.3, 0.4) is 0 Å². The Morgan fingerprint density at radius 2 is 2.35 bits per heavy atom. The van der Waals surface area contributed by atoms with E-state index in [4.69, 9.17) is 4.74 Å². The Morgan fingerprint density at radius 1 is 1.48 bits per heavy atom. The molecule has 23 heavy (non-hydrogen) atoms. The Kier molecular flexibility index (Phi) is 4.40. The lowest BCUT2D eigenvalue weighted by atomic mass is 9.94. The van der Waals surface area contributed by atoms with Gasteiger partial charge < -0.3 is 15.4 Å². The van der Waals surface area contributed by atoms with Crippen molar-refractivity contribution in [3.05, 3.63) is 30.4 Å². The van der Waals surface area contributed by atoms with Crippen molar-refractivity contribution in [1.82, 2.24) is 25.1 Å². The van der Waals surface area contributed by atoms with Gasteiger partial charge in [0.05, 0.1) is 24.9 Å². The number of aromatic nitrogens is 4. The summed E-state index contributed by atoms with van der Waals surface area (Å²) < 4.78 is 7.12. The summed E-state index contributed by atoms with van der Waals surface area (Å²) in [5.41, 5.74) is 0.970. The fourth-order valence-corrected chi connectivity index (χ4v) is 2.71. The average Bonchev–Trinajstić information content (AvgIpc) is 2.96. The molecule has 3 rings (SSSR count). The highest BCUT2D eigenvalue weighted by Crippen LogP contribution is 2.26. The second kappa shape index (κ2) is 6.64. The summed E-state index contributed by atoms with van der Waals surface area (Å²) in [5, 5.41) is 10.6. The number of carbonyl (C=O) groups excluding carboxylic acids is 1. The molecule has 0 saturated carbocycles. The largest absolute Gasteiger partial charge is 0.478 e. The molecule has 3 heterocycles. The van der Waals surface area contributed by atoms with Crippen molar-refractivity contribution < 1.29 is 9.53 Å².